The number of para-hydroxylation sites is 1. The smallest absolute Gasteiger partial charge is 0.126 e. The number of aryl methyl sites for hydroxylation is 1. The van der Waals surface area contributed by atoms with Gasteiger partial charge in [-0.3, -0.25) is 0 Å². The van der Waals surface area contributed by atoms with Crippen LogP contribution in [0, 0.1) is 12.7 Å². The van der Waals surface area contributed by atoms with Crippen LogP contribution in [0.25, 0.3) is 0 Å². The second-order valence-electron chi connectivity index (χ2n) is 4.14. The van der Waals surface area contributed by atoms with Crippen molar-refractivity contribution in [1.29, 1.82) is 0 Å². The van der Waals surface area contributed by atoms with Crippen LogP contribution in [0.1, 0.15) is 11.1 Å². The summed E-state index contributed by atoms with van der Waals surface area (Å²) in [4.78, 5) is 0.286. The lowest BCUT2D eigenvalue weighted by atomic mass is 10.1. The first-order valence-corrected chi connectivity index (χ1v) is 6.38. The van der Waals surface area contributed by atoms with Gasteiger partial charge in [0, 0.05) is 16.3 Å². The number of nitrogens with one attached hydrogen (secondary N) is 1. The van der Waals surface area contributed by atoms with Crippen LogP contribution in [0.3, 0.4) is 0 Å². The molecular formula is C14H12ClFN2S. The second kappa shape index (κ2) is 5.55. The molecule has 5 heteroatoms. The standard InChI is InChI=1S/C14H12ClFN2S/c1-8-3-2-4-12(14(17)19)13(8)18-11-6-9(15)5-10(16)7-11/h2-7,18H,1H3,(H2,17,19). The summed E-state index contributed by atoms with van der Waals surface area (Å²) in [6.45, 7) is 1.92. The lowest BCUT2D eigenvalue weighted by Gasteiger charge is -2.14. The van der Waals surface area contributed by atoms with E-state index in [-0.39, 0.29) is 4.99 Å². The van der Waals surface area contributed by atoms with Crippen LogP contribution >= 0.6 is 23.8 Å². The Hall–Kier alpha value is -1.65. The van der Waals surface area contributed by atoms with Gasteiger partial charge in [0.05, 0.1) is 5.69 Å². The summed E-state index contributed by atoms with van der Waals surface area (Å²) >= 11 is 10.8. The minimum atomic E-state index is -0.402. The minimum absolute atomic E-state index is 0.286. The van der Waals surface area contributed by atoms with Gasteiger partial charge in [-0.05, 0) is 36.8 Å². The molecule has 2 rings (SSSR count). The molecule has 3 N–H and O–H groups in total. The van der Waals surface area contributed by atoms with Crippen molar-refractivity contribution in [3.05, 3.63) is 58.4 Å². The van der Waals surface area contributed by atoms with E-state index in [9.17, 15) is 4.39 Å². The van der Waals surface area contributed by atoms with Crippen molar-refractivity contribution in [2.75, 3.05) is 5.32 Å². The molecule has 0 aliphatic rings. The second-order valence-corrected chi connectivity index (χ2v) is 5.02. The summed E-state index contributed by atoms with van der Waals surface area (Å²) in [5, 5.41) is 3.44. The first kappa shape index (κ1) is 13.8. The fourth-order valence-electron chi connectivity index (χ4n) is 1.81. The zero-order chi connectivity index (χ0) is 14.0. The van der Waals surface area contributed by atoms with Gasteiger partial charge in [0.1, 0.15) is 10.8 Å². The molecule has 0 bridgehead atoms. The predicted molar refractivity (Wildman–Crippen MR) is 81.8 cm³/mol. The van der Waals surface area contributed by atoms with Gasteiger partial charge >= 0.3 is 0 Å². The van der Waals surface area contributed by atoms with E-state index in [2.05, 4.69) is 5.32 Å². The summed E-state index contributed by atoms with van der Waals surface area (Å²) in [5.74, 6) is -0.402. The Balaban J connectivity index is 2.45. The molecule has 0 aliphatic heterocycles. The van der Waals surface area contributed by atoms with Gasteiger partial charge in [-0.1, -0.05) is 36.0 Å². The molecule has 0 amide bonds. The molecule has 2 aromatic carbocycles. The highest BCUT2D eigenvalue weighted by molar-refractivity contribution is 7.80. The summed E-state index contributed by atoms with van der Waals surface area (Å²) < 4.78 is 13.3. The zero-order valence-electron chi connectivity index (χ0n) is 10.2. The number of benzene rings is 2. The average molecular weight is 295 g/mol. The van der Waals surface area contributed by atoms with Gasteiger partial charge in [0.25, 0.3) is 0 Å². The molecule has 0 saturated carbocycles. The van der Waals surface area contributed by atoms with Crippen LogP contribution in [-0.2, 0) is 0 Å². The van der Waals surface area contributed by atoms with Crippen molar-refractivity contribution >= 4 is 40.2 Å². The largest absolute Gasteiger partial charge is 0.389 e. The van der Waals surface area contributed by atoms with E-state index in [1.807, 2.05) is 25.1 Å². The highest BCUT2D eigenvalue weighted by Crippen LogP contribution is 2.27. The van der Waals surface area contributed by atoms with Crippen molar-refractivity contribution in [2.45, 2.75) is 6.92 Å². The predicted octanol–water partition coefficient (Wildman–Crippen LogP) is 4.17. The first-order valence-electron chi connectivity index (χ1n) is 5.60. The molecule has 0 heterocycles. The summed E-state index contributed by atoms with van der Waals surface area (Å²) in [6.07, 6.45) is 0. The Morgan fingerprint density at radius 2 is 2.05 bits per heavy atom. The van der Waals surface area contributed by atoms with Crippen LogP contribution in [0.2, 0.25) is 5.02 Å². The molecular weight excluding hydrogens is 283 g/mol. The molecule has 0 fully saturated rings. The molecule has 19 heavy (non-hydrogen) atoms. The third-order valence-electron chi connectivity index (χ3n) is 2.67. The zero-order valence-corrected chi connectivity index (χ0v) is 11.8. The molecule has 2 nitrogen and oxygen atoms in total. The van der Waals surface area contributed by atoms with Gasteiger partial charge in [0.2, 0.25) is 0 Å². The fourth-order valence-corrected chi connectivity index (χ4v) is 2.20. The molecule has 0 atom stereocenters. The summed E-state index contributed by atoms with van der Waals surface area (Å²) in [7, 11) is 0. The van der Waals surface area contributed by atoms with E-state index in [1.54, 1.807) is 6.07 Å². The van der Waals surface area contributed by atoms with Crippen LogP contribution < -0.4 is 11.1 Å². The molecule has 0 unspecified atom stereocenters. The van der Waals surface area contributed by atoms with Crippen LogP contribution in [0.15, 0.2) is 36.4 Å². The molecule has 0 spiro atoms. The van der Waals surface area contributed by atoms with Gasteiger partial charge < -0.3 is 11.1 Å². The maximum absolute atomic E-state index is 13.3. The van der Waals surface area contributed by atoms with Crippen molar-refractivity contribution in [3.63, 3.8) is 0 Å². The van der Waals surface area contributed by atoms with E-state index in [0.717, 1.165) is 16.8 Å². The van der Waals surface area contributed by atoms with Gasteiger partial charge in [-0.25, -0.2) is 4.39 Å². The van der Waals surface area contributed by atoms with Crippen molar-refractivity contribution < 1.29 is 4.39 Å². The Bertz CT molecular complexity index is 623. The summed E-state index contributed by atoms with van der Waals surface area (Å²) in [5.41, 5.74) is 8.68. The van der Waals surface area contributed by atoms with Crippen LogP contribution in [0.5, 0.6) is 0 Å². The first-order chi connectivity index (χ1) is 8.97. The van der Waals surface area contributed by atoms with E-state index >= 15 is 0 Å². The van der Waals surface area contributed by atoms with Crippen molar-refractivity contribution in [1.82, 2.24) is 0 Å². The maximum atomic E-state index is 13.3. The van der Waals surface area contributed by atoms with Gasteiger partial charge in [-0.15, -0.1) is 0 Å². The number of thiocarbonyl (C=S) groups is 1. The molecule has 0 saturated heterocycles. The van der Waals surface area contributed by atoms with Gasteiger partial charge in [-0.2, -0.15) is 0 Å². The van der Waals surface area contributed by atoms with Crippen LogP contribution in [0.4, 0.5) is 15.8 Å². The number of rotatable bonds is 3. The Morgan fingerprint density at radius 1 is 1.32 bits per heavy atom. The molecule has 2 aromatic rings. The van der Waals surface area contributed by atoms with E-state index in [4.69, 9.17) is 29.6 Å². The summed E-state index contributed by atoms with van der Waals surface area (Å²) in [6, 6.07) is 9.86. The average Bonchev–Trinajstić information content (AvgIpc) is 2.30. The third kappa shape index (κ3) is 3.22. The highest BCUT2D eigenvalue weighted by atomic mass is 35.5. The van der Waals surface area contributed by atoms with Crippen LogP contribution in [-0.4, -0.2) is 4.99 Å². The lowest BCUT2D eigenvalue weighted by Crippen LogP contribution is -2.12. The number of hydrogen-bond donors (Lipinski definition) is 2. The topological polar surface area (TPSA) is 38.0 Å². The lowest BCUT2D eigenvalue weighted by molar-refractivity contribution is 0.628. The highest BCUT2D eigenvalue weighted by Gasteiger charge is 2.09. The number of hydrogen-bond acceptors (Lipinski definition) is 2. The number of halogens is 2. The number of anilines is 2. The normalized spacial score (nSPS) is 10.3. The Labute approximate surface area is 121 Å². The monoisotopic (exact) mass is 294 g/mol. The maximum Gasteiger partial charge on any atom is 0.126 e. The molecule has 0 aliphatic carbocycles. The minimum Gasteiger partial charge on any atom is -0.389 e. The Kier molecular flexibility index (Phi) is 4.02. The van der Waals surface area contributed by atoms with Gasteiger partial charge in [0.15, 0.2) is 0 Å². The molecule has 0 aromatic heterocycles. The molecule has 0 radical (unpaired) electrons. The van der Waals surface area contributed by atoms with E-state index in [1.165, 1.54) is 12.1 Å². The van der Waals surface area contributed by atoms with E-state index < -0.39 is 5.82 Å². The molecule has 98 valence electrons. The fraction of sp³-hybridized carbons (Fsp3) is 0.0714. The SMILES string of the molecule is Cc1cccc(C(N)=S)c1Nc1cc(F)cc(Cl)c1. The Morgan fingerprint density at radius 3 is 2.68 bits per heavy atom. The van der Waals surface area contributed by atoms with Crippen molar-refractivity contribution in [2.24, 2.45) is 5.73 Å². The number of nitrogens with two attached hydrogens (primary N) is 1. The van der Waals surface area contributed by atoms with E-state index in [0.29, 0.717) is 10.7 Å². The van der Waals surface area contributed by atoms with Crippen molar-refractivity contribution in [3.8, 4) is 0 Å². The quantitative estimate of drug-likeness (QED) is 0.835. The third-order valence-corrected chi connectivity index (χ3v) is 3.11.